The maximum Gasteiger partial charge on any atom is 0.387 e. The Kier molecular flexibility index (Phi) is 13.6. The molecule has 0 spiro atoms. The number of nitrogens with one attached hydrogen (secondary N) is 2. The summed E-state index contributed by atoms with van der Waals surface area (Å²) in [6.45, 7) is 1.40. The average Bonchev–Trinajstić information content (AvgIpc) is 2.76. The second-order valence-corrected chi connectivity index (χ2v) is 6.52. The molecule has 0 fully saturated rings. The highest BCUT2D eigenvalue weighted by atomic mass is 127. The Hall–Kier alpha value is -2.18. The number of methoxy groups -OCH3 is 1. The van der Waals surface area contributed by atoms with Gasteiger partial charge in [0.05, 0.1) is 19.3 Å². The summed E-state index contributed by atoms with van der Waals surface area (Å²) >= 11 is 0. The zero-order valence-electron chi connectivity index (χ0n) is 18.1. The van der Waals surface area contributed by atoms with Crippen LogP contribution in [0.5, 0.6) is 11.5 Å². The molecule has 0 aliphatic heterocycles. The molecule has 0 heterocycles. The second-order valence-electron chi connectivity index (χ2n) is 6.52. The maximum absolute atomic E-state index is 12.2. The lowest BCUT2D eigenvalue weighted by atomic mass is 10.1. The normalized spacial score (nSPS) is 12.1. The summed E-state index contributed by atoms with van der Waals surface area (Å²) in [5.74, 6) is 1.37. The Balaban J connectivity index is 0.00000512. The number of aliphatic imine (C=N–C) groups is 1. The standard InChI is InChI=1S/C22H29F2N3O4.HI/c1-3-25-22(26-14-16-4-8-18(9-5-16)30-13-12-29-2)27-15-20(28)17-6-10-19(11-7-17)31-21(23)24;/h4-11,20-21,28H,3,12-15H2,1-2H3,(H2,25,26,27);1H. The van der Waals surface area contributed by atoms with E-state index >= 15 is 0 Å². The van der Waals surface area contributed by atoms with Crippen molar-refractivity contribution in [1.82, 2.24) is 10.6 Å². The first-order valence-electron chi connectivity index (χ1n) is 9.97. The molecule has 0 aliphatic rings. The third-order valence-electron chi connectivity index (χ3n) is 4.20. The minimum absolute atomic E-state index is 0. The van der Waals surface area contributed by atoms with Crippen molar-refractivity contribution in [3.05, 3.63) is 59.7 Å². The molecule has 1 atom stereocenters. The van der Waals surface area contributed by atoms with Crippen molar-refractivity contribution in [2.45, 2.75) is 26.2 Å². The Morgan fingerprint density at radius 1 is 1.00 bits per heavy atom. The Labute approximate surface area is 204 Å². The van der Waals surface area contributed by atoms with Crippen LogP contribution in [0.1, 0.15) is 24.2 Å². The molecular formula is C22H30F2IN3O4. The number of halogens is 3. The SMILES string of the molecule is CCNC(=NCc1ccc(OCCOC)cc1)NCC(O)c1ccc(OC(F)F)cc1.I. The van der Waals surface area contributed by atoms with Crippen molar-refractivity contribution < 1.29 is 28.1 Å². The zero-order chi connectivity index (χ0) is 22.5. The van der Waals surface area contributed by atoms with E-state index in [4.69, 9.17) is 9.47 Å². The number of aliphatic hydroxyl groups excluding tert-OH is 1. The van der Waals surface area contributed by atoms with E-state index in [1.165, 1.54) is 12.1 Å². The van der Waals surface area contributed by atoms with E-state index in [0.29, 0.717) is 37.8 Å². The summed E-state index contributed by atoms with van der Waals surface area (Å²) in [5.41, 5.74) is 1.58. The number of benzene rings is 2. The third-order valence-corrected chi connectivity index (χ3v) is 4.20. The van der Waals surface area contributed by atoms with Gasteiger partial charge in [-0.3, -0.25) is 0 Å². The predicted molar refractivity (Wildman–Crippen MR) is 130 cm³/mol. The molecule has 0 aliphatic carbocycles. The van der Waals surface area contributed by atoms with Crippen LogP contribution in [0.25, 0.3) is 0 Å². The molecule has 0 aromatic heterocycles. The van der Waals surface area contributed by atoms with E-state index in [9.17, 15) is 13.9 Å². The van der Waals surface area contributed by atoms with Crippen molar-refractivity contribution >= 4 is 29.9 Å². The minimum Gasteiger partial charge on any atom is -0.491 e. The summed E-state index contributed by atoms with van der Waals surface area (Å²) in [6, 6.07) is 13.5. The lowest BCUT2D eigenvalue weighted by Crippen LogP contribution is -2.39. The zero-order valence-corrected chi connectivity index (χ0v) is 20.4. The van der Waals surface area contributed by atoms with Crippen LogP contribution in [-0.2, 0) is 11.3 Å². The molecule has 2 rings (SSSR count). The predicted octanol–water partition coefficient (Wildman–Crippen LogP) is 3.72. The molecule has 178 valence electrons. The van der Waals surface area contributed by atoms with Gasteiger partial charge in [-0.15, -0.1) is 24.0 Å². The van der Waals surface area contributed by atoms with Crippen LogP contribution in [0.3, 0.4) is 0 Å². The molecule has 0 saturated carbocycles. The summed E-state index contributed by atoms with van der Waals surface area (Å²) in [6.07, 6.45) is -0.840. The van der Waals surface area contributed by atoms with Crippen LogP contribution in [-0.4, -0.2) is 51.1 Å². The molecule has 2 aromatic carbocycles. The van der Waals surface area contributed by atoms with Crippen molar-refractivity contribution in [3.63, 3.8) is 0 Å². The number of ether oxygens (including phenoxy) is 3. The van der Waals surface area contributed by atoms with E-state index < -0.39 is 12.7 Å². The number of guanidine groups is 1. The quantitative estimate of drug-likeness (QED) is 0.158. The summed E-state index contributed by atoms with van der Waals surface area (Å²) in [7, 11) is 1.63. The lowest BCUT2D eigenvalue weighted by molar-refractivity contribution is -0.0498. The monoisotopic (exact) mass is 565 g/mol. The molecule has 1 unspecified atom stereocenters. The minimum atomic E-state index is -2.88. The van der Waals surface area contributed by atoms with E-state index in [-0.39, 0.29) is 36.3 Å². The van der Waals surface area contributed by atoms with Crippen molar-refractivity contribution in [2.75, 3.05) is 33.4 Å². The molecular weight excluding hydrogens is 535 g/mol. The Morgan fingerprint density at radius 2 is 1.66 bits per heavy atom. The highest BCUT2D eigenvalue weighted by Gasteiger charge is 2.10. The number of aliphatic hydroxyl groups is 1. The third kappa shape index (κ3) is 10.4. The van der Waals surface area contributed by atoms with Gasteiger partial charge in [0.1, 0.15) is 18.1 Å². The van der Waals surface area contributed by atoms with Crippen LogP contribution >= 0.6 is 24.0 Å². The number of hydrogen-bond acceptors (Lipinski definition) is 5. The van der Waals surface area contributed by atoms with Crippen molar-refractivity contribution in [1.29, 1.82) is 0 Å². The van der Waals surface area contributed by atoms with E-state index in [0.717, 1.165) is 11.3 Å². The molecule has 32 heavy (non-hydrogen) atoms. The summed E-state index contributed by atoms with van der Waals surface area (Å²) in [5, 5.41) is 16.6. The Morgan fingerprint density at radius 3 is 2.25 bits per heavy atom. The molecule has 10 heteroatoms. The topological polar surface area (TPSA) is 84.3 Å². The molecule has 0 saturated heterocycles. The van der Waals surface area contributed by atoms with Gasteiger partial charge in [0.15, 0.2) is 5.96 Å². The molecule has 0 amide bonds. The van der Waals surface area contributed by atoms with Gasteiger partial charge in [-0.25, -0.2) is 4.99 Å². The van der Waals surface area contributed by atoms with Crippen LogP contribution < -0.4 is 20.1 Å². The molecule has 0 bridgehead atoms. The highest BCUT2D eigenvalue weighted by Crippen LogP contribution is 2.19. The van der Waals surface area contributed by atoms with Crippen LogP contribution in [0.4, 0.5) is 8.78 Å². The van der Waals surface area contributed by atoms with E-state index in [1.807, 2.05) is 31.2 Å². The first-order chi connectivity index (χ1) is 15.0. The van der Waals surface area contributed by atoms with Gasteiger partial charge in [-0.2, -0.15) is 8.78 Å². The van der Waals surface area contributed by atoms with Crippen LogP contribution in [0.15, 0.2) is 53.5 Å². The molecule has 2 aromatic rings. The second kappa shape index (κ2) is 15.6. The number of nitrogens with zero attached hydrogens (tertiary/aromatic N) is 1. The van der Waals surface area contributed by atoms with Crippen molar-refractivity contribution in [3.8, 4) is 11.5 Å². The first-order valence-corrected chi connectivity index (χ1v) is 9.97. The summed E-state index contributed by atoms with van der Waals surface area (Å²) < 4.78 is 39.3. The number of rotatable bonds is 12. The van der Waals surface area contributed by atoms with Gasteiger partial charge in [-0.05, 0) is 42.3 Å². The smallest absolute Gasteiger partial charge is 0.387 e. The average molecular weight is 565 g/mol. The number of hydrogen-bond donors (Lipinski definition) is 3. The van der Waals surface area contributed by atoms with Crippen LogP contribution in [0.2, 0.25) is 0 Å². The highest BCUT2D eigenvalue weighted by molar-refractivity contribution is 14.0. The van der Waals surface area contributed by atoms with Gasteiger partial charge in [0.2, 0.25) is 0 Å². The van der Waals surface area contributed by atoms with Crippen molar-refractivity contribution in [2.24, 2.45) is 4.99 Å². The van der Waals surface area contributed by atoms with Gasteiger partial charge in [0.25, 0.3) is 0 Å². The lowest BCUT2D eigenvalue weighted by Gasteiger charge is -2.16. The first kappa shape index (κ1) is 27.9. The fourth-order valence-electron chi connectivity index (χ4n) is 2.63. The summed E-state index contributed by atoms with van der Waals surface area (Å²) in [4.78, 5) is 4.52. The van der Waals surface area contributed by atoms with E-state index in [2.05, 4.69) is 20.4 Å². The van der Waals surface area contributed by atoms with Gasteiger partial charge in [-0.1, -0.05) is 24.3 Å². The molecule has 7 nitrogen and oxygen atoms in total. The fraction of sp³-hybridized carbons (Fsp3) is 0.409. The Bertz CT molecular complexity index is 793. The van der Waals surface area contributed by atoms with Gasteiger partial charge >= 0.3 is 6.61 Å². The molecule has 3 N–H and O–H groups in total. The number of alkyl halides is 2. The van der Waals surface area contributed by atoms with Gasteiger partial charge in [0, 0.05) is 20.2 Å². The maximum atomic E-state index is 12.2. The molecule has 0 radical (unpaired) electrons. The van der Waals surface area contributed by atoms with Gasteiger partial charge < -0.3 is 30.0 Å². The van der Waals surface area contributed by atoms with E-state index in [1.54, 1.807) is 19.2 Å². The van der Waals surface area contributed by atoms with Crippen LogP contribution in [0, 0.1) is 0 Å². The fourth-order valence-corrected chi connectivity index (χ4v) is 2.63. The largest absolute Gasteiger partial charge is 0.491 e.